The molecule has 0 saturated heterocycles. The molecule has 0 atom stereocenters. The smallest absolute Gasteiger partial charge is 0.166 e. The third-order valence-corrected chi connectivity index (χ3v) is 3.46. The van der Waals surface area contributed by atoms with Gasteiger partial charge in [-0.3, -0.25) is 4.79 Å². The zero-order valence-electron chi connectivity index (χ0n) is 12.2. The van der Waals surface area contributed by atoms with Crippen molar-refractivity contribution in [3.8, 4) is 5.75 Å². The predicted octanol–water partition coefficient (Wildman–Crippen LogP) is 5.02. The van der Waals surface area contributed by atoms with E-state index in [4.69, 9.17) is 0 Å². The minimum Gasteiger partial charge on any atom is -0.507 e. The molecule has 0 aliphatic rings. The Bertz CT molecular complexity index is 396. The number of hydrogen-bond acceptors (Lipinski definition) is 2. The molecule has 0 amide bonds. The summed E-state index contributed by atoms with van der Waals surface area (Å²) in [5.74, 6) is 0.180. The largest absolute Gasteiger partial charge is 0.507 e. The lowest BCUT2D eigenvalue weighted by Crippen LogP contribution is -1.99. The van der Waals surface area contributed by atoms with Crippen LogP contribution in [-0.2, 0) is 0 Å². The fraction of sp³-hybridized carbons (Fsp3) is 0.588. The van der Waals surface area contributed by atoms with Crippen molar-refractivity contribution in [2.45, 2.75) is 65.2 Å². The highest BCUT2D eigenvalue weighted by Gasteiger charge is 2.10. The van der Waals surface area contributed by atoms with E-state index in [2.05, 4.69) is 6.92 Å². The van der Waals surface area contributed by atoms with E-state index in [1.54, 1.807) is 12.1 Å². The Morgan fingerprint density at radius 1 is 1.05 bits per heavy atom. The van der Waals surface area contributed by atoms with E-state index >= 15 is 0 Å². The first kappa shape index (κ1) is 15.7. The number of phenols is 1. The fourth-order valence-electron chi connectivity index (χ4n) is 2.25. The lowest BCUT2D eigenvalue weighted by molar-refractivity contribution is 0.0976. The zero-order chi connectivity index (χ0) is 14.1. The Morgan fingerprint density at radius 2 is 1.68 bits per heavy atom. The molecule has 1 N–H and O–H groups in total. The summed E-state index contributed by atoms with van der Waals surface area (Å²) in [6.07, 6.45) is 8.97. The molecule has 0 heterocycles. The first-order valence-electron chi connectivity index (χ1n) is 7.48. The van der Waals surface area contributed by atoms with Crippen molar-refractivity contribution in [3.63, 3.8) is 0 Å². The molecule has 1 aromatic rings. The normalized spacial score (nSPS) is 10.6. The van der Waals surface area contributed by atoms with E-state index in [1.165, 1.54) is 32.1 Å². The maximum absolute atomic E-state index is 12.0. The Balaban J connectivity index is 2.24. The number of aryl methyl sites for hydroxylation is 1. The number of benzene rings is 1. The quantitative estimate of drug-likeness (QED) is 0.501. The highest BCUT2D eigenvalue weighted by Crippen LogP contribution is 2.21. The predicted molar refractivity (Wildman–Crippen MR) is 79.8 cm³/mol. The molecule has 1 rings (SSSR count). The SMILES string of the molecule is CCCCCCCCCC(=O)c1ccc(C)cc1O. The topological polar surface area (TPSA) is 37.3 Å². The summed E-state index contributed by atoms with van der Waals surface area (Å²) in [7, 11) is 0. The van der Waals surface area contributed by atoms with Crippen LogP contribution >= 0.6 is 0 Å². The van der Waals surface area contributed by atoms with Gasteiger partial charge in [0.2, 0.25) is 0 Å². The molecular formula is C17H26O2. The molecule has 0 saturated carbocycles. The van der Waals surface area contributed by atoms with Crippen LogP contribution in [0.25, 0.3) is 0 Å². The average molecular weight is 262 g/mol. The van der Waals surface area contributed by atoms with Crippen molar-refractivity contribution in [1.82, 2.24) is 0 Å². The first-order chi connectivity index (χ1) is 9.15. The van der Waals surface area contributed by atoms with Gasteiger partial charge in [0.15, 0.2) is 5.78 Å². The number of rotatable bonds is 9. The summed E-state index contributed by atoms with van der Waals surface area (Å²) in [4.78, 5) is 12.0. The molecule has 19 heavy (non-hydrogen) atoms. The number of carbonyl (C=O) groups excluding carboxylic acids is 1. The van der Waals surface area contributed by atoms with Crippen molar-refractivity contribution in [1.29, 1.82) is 0 Å². The molecule has 1 aromatic carbocycles. The standard InChI is InChI=1S/C17H26O2/c1-3-4-5-6-7-8-9-10-16(18)15-12-11-14(2)13-17(15)19/h11-13,19H,3-10H2,1-2H3. The molecule has 0 aliphatic carbocycles. The number of unbranched alkanes of at least 4 members (excludes halogenated alkanes) is 6. The lowest BCUT2D eigenvalue weighted by Gasteiger charge is -2.05. The van der Waals surface area contributed by atoms with Crippen LogP contribution in [0.5, 0.6) is 5.75 Å². The van der Waals surface area contributed by atoms with E-state index in [0.29, 0.717) is 12.0 Å². The van der Waals surface area contributed by atoms with Crippen molar-refractivity contribution >= 4 is 5.78 Å². The van der Waals surface area contributed by atoms with E-state index in [-0.39, 0.29) is 11.5 Å². The number of carbonyl (C=O) groups is 1. The summed E-state index contributed by atoms with van der Waals surface area (Å²) in [6, 6.07) is 5.25. The Kier molecular flexibility index (Phi) is 7.24. The third kappa shape index (κ3) is 5.91. The van der Waals surface area contributed by atoms with Crippen molar-refractivity contribution in [2.75, 3.05) is 0 Å². The number of phenolic OH excluding ortho intramolecular Hbond substituents is 1. The van der Waals surface area contributed by atoms with Gasteiger partial charge in [-0.05, 0) is 31.0 Å². The Morgan fingerprint density at radius 3 is 2.32 bits per heavy atom. The maximum Gasteiger partial charge on any atom is 0.166 e. The summed E-state index contributed by atoms with van der Waals surface area (Å²) < 4.78 is 0. The second kappa shape index (κ2) is 8.73. The zero-order valence-corrected chi connectivity index (χ0v) is 12.2. The van der Waals surface area contributed by atoms with Crippen LogP contribution in [0.3, 0.4) is 0 Å². The summed E-state index contributed by atoms with van der Waals surface area (Å²) in [5.41, 5.74) is 1.45. The molecule has 0 fully saturated rings. The minimum absolute atomic E-state index is 0.0612. The van der Waals surface area contributed by atoms with E-state index in [1.807, 2.05) is 13.0 Å². The third-order valence-electron chi connectivity index (χ3n) is 3.46. The molecule has 0 unspecified atom stereocenters. The van der Waals surface area contributed by atoms with E-state index < -0.39 is 0 Å². The fourth-order valence-corrected chi connectivity index (χ4v) is 2.25. The molecule has 0 aromatic heterocycles. The van der Waals surface area contributed by atoms with Gasteiger partial charge in [0.05, 0.1) is 5.56 Å². The summed E-state index contributed by atoms with van der Waals surface area (Å²) in [5, 5.41) is 9.74. The van der Waals surface area contributed by atoms with Gasteiger partial charge in [0, 0.05) is 6.42 Å². The van der Waals surface area contributed by atoms with Gasteiger partial charge in [-0.15, -0.1) is 0 Å². The van der Waals surface area contributed by atoms with Crippen molar-refractivity contribution < 1.29 is 9.90 Å². The second-order valence-corrected chi connectivity index (χ2v) is 5.32. The van der Waals surface area contributed by atoms with E-state index in [0.717, 1.165) is 18.4 Å². The maximum atomic E-state index is 12.0. The first-order valence-corrected chi connectivity index (χ1v) is 7.48. The number of hydrogen-bond donors (Lipinski definition) is 1. The summed E-state index contributed by atoms with van der Waals surface area (Å²) in [6.45, 7) is 4.12. The molecular weight excluding hydrogens is 236 g/mol. The minimum atomic E-state index is 0.0612. The molecule has 2 heteroatoms. The van der Waals surface area contributed by atoms with Gasteiger partial charge in [0.25, 0.3) is 0 Å². The monoisotopic (exact) mass is 262 g/mol. The summed E-state index contributed by atoms with van der Waals surface area (Å²) >= 11 is 0. The molecule has 106 valence electrons. The van der Waals surface area contributed by atoms with Crippen LogP contribution in [0.1, 0.15) is 74.2 Å². The van der Waals surface area contributed by atoms with Crippen molar-refractivity contribution in [2.24, 2.45) is 0 Å². The number of aromatic hydroxyl groups is 1. The number of ketones is 1. The van der Waals surface area contributed by atoms with Gasteiger partial charge in [-0.1, -0.05) is 51.5 Å². The van der Waals surface area contributed by atoms with Crippen LogP contribution in [0.15, 0.2) is 18.2 Å². The highest BCUT2D eigenvalue weighted by atomic mass is 16.3. The molecule has 2 nitrogen and oxygen atoms in total. The van der Waals surface area contributed by atoms with Gasteiger partial charge in [-0.25, -0.2) is 0 Å². The molecule has 0 bridgehead atoms. The molecule has 0 aliphatic heterocycles. The Hall–Kier alpha value is -1.31. The Labute approximate surface area is 116 Å². The van der Waals surface area contributed by atoms with Gasteiger partial charge in [-0.2, -0.15) is 0 Å². The molecule has 0 radical (unpaired) electrons. The van der Waals surface area contributed by atoms with Crippen LogP contribution in [0, 0.1) is 6.92 Å². The van der Waals surface area contributed by atoms with Crippen molar-refractivity contribution in [3.05, 3.63) is 29.3 Å². The van der Waals surface area contributed by atoms with Crippen LogP contribution in [0.4, 0.5) is 0 Å². The van der Waals surface area contributed by atoms with Gasteiger partial charge in [0.1, 0.15) is 5.75 Å². The number of Topliss-reactive ketones (excluding diaryl/α,β-unsaturated/α-hetero) is 1. The van der Waals surface area contributed by atoms with Crippen LogP contribution in [-0.4, -0.2) is 10.9 Å². The van der Waals surface area contributed by atoms with Gasteiger partial charge < -0.3 is 5.11 Å². The van der Waals surface area contributed by atoms with Crippen LogP contribution < -0.4 is 0 Å². The van der Waals surface area contributed by atoms with E-state index in [9.17, 15) is 9.90 Å². The average Bonchev–Trinajstić information content (AvgIpc) is 2.37. The lowest BCUT2D eigenvalue weighted by atomic mass is 10.0. The molecule has 0 spiro atoms. The second-order valence-electron chi connectivity index (χ2n) is 5.32. The van der Waals surface area contributed by atoms with Gasteiger partial charge >= 0.3 is 0 Å². The van der Waals surface area contributed by atoms with Crippen LogP contribution in [0.2, 0.25) is 0 Å². The highest BCUT2D eigenvalue weighted by molar-refractivity contribution is 5.98.